The van der Waals surface area contributed by atoms with Crippen molar-refractivity contribution < 1.29 is 19.1 Å². The van der Waals surface area contributed by atoms with Gasteiger partial charge < -0.3 is 9.47 Å². The topological polar surface area (TPSA) is 78.4 Å². The number of rotatable bonds is 2. The Hall–Kier alpha value is -2.86. The van der Waals surface area contributed by atoms with Crippen molar-refractivity contribution in [2.75, 3.05) is 0 Å². The third-order valence-electron chi connectivity index (χ3n) is 4.69. The van der Waals surface area contributed by atoms with Crippen LogP contribution in [0.15, 0.2) is 12.1 Å². The first-order valence-electron chi connectivity index (χ1n) is 9.41. The Kier molecular flexibility index (Phi) is 5.42. The Morgan fingerprint density at radius 1 is 0.857 bits per heavy atom. The first-order chi connectivity index (χ1) is 13.1. The molecule has 0 radical (unpaired) electrons. The molecule has 0 spiro atoms. The summed E-state index contributed by atoms with van der Waals surface area (Å²) in [6.07, 6.45) is 2.23. The van der Waals surface area contributed by atoms with Crippen LogP contribution < -0.4 is 0 Å². The van der Waals surface area contributed by atoms with Crippen LogP contribution >= 0.6 is 0 Å². The van der Waals surface area contributed by atoms with E-state index in [0.29, 0.717) is 37.1 Å². The Labute approximate surface area is 165 Å². The summed E-state index contributed by atoms with van der Waals surface area (Å²) >= 11 is 0. The number of carbonyl (C=O) groups excluding carboxylic acids is 2. The molecule has 3 rings (SSSR count). The van der Waals surface area contributed by atoms with Gasteiger partial charge in [-0.3, -0.25) is 9.59 Å². The maximum atomic E-state index is 11.8. The third kappa shape index (κ3) is 5.10. The fourth-order valence-corrected chi connectivity index (χ4v) is 3.45. The monoisotopic (exact) mass is 380 g/mol. The molecule has 0 amide bonds. The number of esters is 2. The Morgan fingerprint density at radius 2 is 1.25 bits per heavy atom. The van der Waals surface area contributed by atoms with Crippen LogP contribution in [0.3, 0.4) is 0 Å². The van der Waals surface area contributed by atoms with Gasteiger partial charge in [0, 0.05) is 25.7 Å². The molecule has 1 aromatic rings. The minimum absolute atomic E-state index is 0.187. The third-order valence-corrected chi connectivity index (χ3v) is 4.69. The summed E-state index contributed by atoms with van der Waals surface area (Å²) < 4.78 is 10.6. The predicted octanol–water partition coefficient (Wildman–Crippen LogP) is 2.64. The number of hydrogen-bond donors (Lipinski definition) is 0. The average Bonchev–Trinajstić information content (AvgIpc) is 3.01. The molecule has 6 nitrogen and oxygen atoms in total. The number of carbonyl (C=O) groups is 2. The van der Waals surface area contributed by atoms with Crippen molar-refractivity contribution in [3.63, 3.8) is 0 Å². The van der Waals surface area contributed by atoms with E-state index in [4.69, 9.17) is 9.47 Å². The van der Waals surface area contributed by atoms with Crippen molar-refractivity contribution >= 4 is 11.9 Å². The highest BCUT2D eigenvalue weighted by Crippen LogP contribution is 2.32. The number of ether oxygens (including phenoxy) is 2. The van der Waals surface area contributed by atoms with Crippen LogP contribution in [0.1, 0.15) is 64.8 Å². The largest absolute Gasteiger partial charge is 0.459 e. The lowest BCUT2D eigenvalue weighted by Gasteiger charge is -2.14. The maximum absolute atomic E-state index is 11.8. The fraction of sp³-hybridized carbons (Fsp3) is 0.545. The second-order valence-corrected chi connectivity index (χ2v) is 8.48. The standard InChI is InChI=1S/C22H24N2O4/c1-21(2)13-15(19(25)27-21)7-5-9-17-11-12-18(24-23-17)10-6-8-16-14-22(3,4)28-20(16)26/h11-12,15-16H,7-8,13-14H2,1-4H3. The molecule has 0 aliphatic carbocycles. The van der Waals surface area contributed by atoms with Crippen molar-refractivity contribution in [1.29, 1.82) is 0 Å². The minimum Gasteiger partial charge on any atom is -0.459 e. The molecule has 0 N–H and O–H groups in total. The second-order valence-electron chi connectivity index (χ2n) is 8.48. The van der Waals surface area contributed by atoms with Gasteiger partial charge in [-0.15, -0.1) is 10.2 Å². The summed E-state index contributed by atoms with van der Waals surface area (Å²) in [6, 6.07) is 3.49. The van der Waals surface area contributed by atoms with Gasteiger partial charge in [-0.25, -0.2) is 0 Å². The highest BCUT2D eigenvalue weighted by atomic mass is 16.6. The van der Waals surface area contributed by atoms with Crippen LogP contribution in [0.4, 0.5) is 0 Å². The summed E-state index contributed by atoms with van der Waals surface area (Å²) in [5, 5.41) is 8.09. The summed E-state index contributed by atoms with van der Waals surface area (Å²) in [5.74, 6) is 11.1. The van der Waals surface area contributed by atoms with E-state index < -0.39 is 11.2 Å². The Balaban J connectivity index is 1.53. The van der Waals surface area contributed by atoms with Crippen molar-refractivity contribution in [2.24, 2.45) is 11.8 Å². The summed E-state index contributed by atoms with van der Waals surface area (Å²) in [6.45, 7) is 7.61. The van der Waals surface area contributed by atoms with Crippen LogP contribution in [-0.2, 0) is 19.1 Å². The molecule has 3 heterocycles. The lowest BCUT2D eigenvalue weighted by molar-refractivity contribution is -0.149. The van der Waals surface area contributed by atoms with E-state index >= 15 is 0 Å². The minimum atomic E-state index is -0.408. The zero-order chi connectivity index (χ0) is 20.4. The predicted molar refractivity (Wildman–Crippen MR) is 102 cm³/mol. The van der Waals surface area contributed by atoms with Crippen LogP contribution in [0, 0.1) is 35.5 Å². The molecule has 6 heteroatoms. The van der Waals surface area contributed by atoms with Crippen LogP contribution in [0.25, 0.3) is 0 Å². The SMILES string of the molecule is CC1(C)CC(CC#Cc2ccc(C#CCC3CC(C)(C)OC3=O)nn2)C(=O)O1. The smallest absolute Gasteiger partial charge is 0.310 e. The van der Waals surface area contributed by atoms with Crippen molar-refractivity contribution in [3.05, 3.63) is 23.5 Å². The zero-order valence-electron chi connectivity index (χ0n) is 16.7. The van der Waals surface area contributed by atoms with Crippen molar-refractivity contribution in [1.82, 2.24) is 10.2 Å². The van der Waals surface area contributed by atoms with Crippen LogP contribution in [0.5, 0.6) is 0 Å². The maximum Gasteiger partial charge on any atom is 0.310 e. The quantitative estimate of drug-likeness (QED) is 0.580. The van der Waals surface area contributed by atoms with E-state index in [1.54, 1.807) is 12.1 Å². The molecule has 1 aromatic heterocycles. The van der Waals surface area contributed by atoms with Crippen LogP contribution in [0.2, 0.25) is 0 Å². The number of hydrogen-bond acceptors (Lipinski definition) is 6. The van der Waals surface area contributed by atoms with Gasteiger partial charge in [-0.05, 0) is 51.7 Å². The van der Waals surface area contributed by atoms with Gasteiger partial charge in [0.15, 0.2) is 0 Å². The molecule has 0 saturated carbocycles. The number of cyclic esters (lactones) is 2. The van der Waals surface area contributed by atoms with Crippen LogP contribution in [-0.4, -0.2) is 33.3 Å². The van der Waals surface area contributed by atoms with Gasteiger partial charge in [0.1, 0.15) is 22.6 Å². The zero-order valence-corrected chi connectivity index (χ0v) is 16.7. The molecular formula is C22H24N2O4. The number of aromatic nitrogens is 2. The molecule has 2 fully saturated rings. The van der Waals surface area contributed by atoms with Gasteiger partial charge in [0.05, 0.1) is 11.8 Å². The molecule has 2 atom stereocenters. The lowest BCUT2D eigenvalue weighted by atomic mass is 9.95. The Morgan fingerprint density at radius 3 is 1.54 bits per heavy atom. The highest BCUT2D eigenvalue weighted by Gasteiger charge is 2.40. The molecule has 2 aliphatic rings. The van der Waals surface area contributed by atoms with Gasteiger partial charge in [0.25, 0.3) is 0 Å². The van der Waals surface area contributed by atoms with Crippen molar-refractivity contribution in [2.45, 2.75) is 64.6 Å². The fourth-order valence-electron chi connectivity index (χ4n) is 3.45. The van der Waals surface area contributed by atoms with Gasteiger partial charge >= 0.3 is 11.9 Å². The summed E-state index contributed by atoms with van der Waals surface area (Å²) in [4.78, 5) is 23.5. The van der Waals surface area contributed by atoms with Gasteiger partial charge in [-0.2, -0.15) is 0 Å². The molecular weight excluding hydrogens is 356 g/mol. The van der Waals surface area contributed by atoms with E-state index in [1.807, 2.05) is 27.7 Å². The molecule has 2 unspecified atom stereocenters. The highest BCUT2D eigenvalue weighted by molar-refractivity contribution is 5.76. The molecule has 146 valence electrons. The molecule has 2 saturated heterocycles. The molecule has 2 aliphatic heterocycles. The second kappa shape index (κ2) is 7.64. The van der Waals surface area contributed by atoms with E-state index in [0.717, 1.165) is 0 Å². The normalized spacial score (nSPS) is 24.4. The summed E-state index contributed by atoms with van der Waals surface area (Å²) in [7, 11) is 0. The average molecular weight is 380 g/mol. The van der Waals surface area contributed by atoms with Crippen molar-refractivity contribution in [3.8, 4) is 23.7 Å². The first kappa shape index (κ1) is 19.9. The van der Waals surface area contributed by atoms with E-state index in [-0.39, 0.29) is 23.8 Å². The Bertz CT molecular complexity index is 819. The van der Waals surface area contributed by atoms with Gasteiger partial charge in [-0.1, -0.05) is 11.8 Å². The summed E-state index contributed by atoms with van der Waals surface area (Å²) in [5.41, 5.74) is 0.234. The first-order valence-corrected chi connectivity index (χ1v) is 9.41. The molecule has 0 aromatic carbocycles. The molecule has 28 heavy (non-hydrogen) atoms. The van der Waals surface area contributed by atoms with E-state index in [2.05, 4.69) is 33.9 Å². The molecule has 0 bridgehead atoms. The van der Waals surface area contributed by atoms with E-state index in [1.165, 1.54) is 0 Å². The van der Waals surface area contributed by atoms with Gasteiger partial charge in [0.2, 0.25) is 0 Å². The number of nitrogens with zero attached hydrogens (tertiary/aromatic N) is 2. The lowest BCUT2D eigenvalue weighted by Crippen LogP contribution is -2.17. The van der Waals surface area contributed by atoms with E-state index in [9.17, 15) is 9.59 Å².